The van der Waals surface area contributed by atoms with Crippen molar-refractivity contribution in [1.29, 1.82) is 0 Å². The number of carbonyl (C=O) groups is 1. The summed E-state index contributed by atoms with van der Waals surface area (Å²) in [5.74, 6) is 0.301. The summed E-state index contributed by atoms with van der Waals surface area (Å²) in [6.07, 6.45) is 2.60. The van der Waals surface area contributed by atoms with Gasteiger partial charge in [0.25, 0.3) is 0 Å². The van der Waals surface area contributed by atoms with Gasteiger partial charge in [-0.15, -0.1) is 11.3 Å². The number of fused-ring (bicyclic) bond motifs is 1. The Hall–Kier alpha value is -0.870. The molecule has 0 spiro atoms. The Morgan fingerprint density at radius 1 is 1.58 bits per heavy atom. The van der Waals surface area contributed by atoms with Crippen molar-refractivity contribution in [3.05, 3.63) is 21.9 Å². The van der Waals surface area contributed by atoms with Gasteiger partial charge < -0.3 is 10.2 Å². The van der Waals surface area contributed by atoms with Crippen LogP contribution < -0.4 is 5.32 Å². The maximum atomic E-state index is 12.3. The van der Waals surface area contributed by atoms with E-state index in [4.69, 9.17) is 0 Å². The summed E-state index contributed by atoms with van der Waals surface area (Å²) in [6.45, 7) is 8.22. The third kappa shape index (κ3) is 3.57. The summed E-state index contributed by atoms with van der Waals surface area (Å²) in [7, 11) is 0. The molecule has 4 heteroatoms. The summed E-state index contributed by atoms with van der Waals surface area (Å²) in [4.78, 5) is 15.8. The van der Waals surface area contributed by atoms with Crippen LogP contribution in [0, 0.1) is 0 Å². The van der Waals surface area contributed by atoms with Gasteiger partial charge in [0.05, 0.1) is 6.04 Å². The van der Waals surface area contributed by atoms with Crippen LogP contribution in [0.15, 0.2) is 11.4 Å². The zero-order valence-corrected chi connectivity index (χ0v) is 12.9. The van der Waals surface area contributed by atoms with E-state index in [1.54, 1.807) is 0 Å². The van der Waals surface area contributed by atoms with Gasteiger partial charge in [-0.05, 0) is 43.3 Å². The molecule has 0 aromatic carbocycles. The minimum absolute atomic E-state index is 0.251. The number of thiophene rings is 1. The van der Waals surface area contributed by atoms with Crippen LogP contribution in [-0.4, -0.2) is 29.9 Å². The lowest BCUT2D eigenvalue weighted by Gasteiger charge is -2.33. The molecule has 0 radical (unpaired) electrons. The lowest BCUT2D eigenvalue weighted by atomic mass is 10.0. The first-order valence-corrected chi connectivity index (χ1v) is 8.06. The van der Waals surface area contributed by atoms with Crippen LogP contribution >= 0.6 is 11.3 Å². The number of hydrogen-bond donors (Lipinski definition) is 1. The number of nitrogens with zero attached hydrogens (tertiary/aromatic N) is 1. The van der Waals surface area contributed by atoms with Gasteiger partial charge in [0.15, 0.2) is 0 Å². The van der Waals surface area contributed by atoms with Crippen molar-refractivity contribution in [1.82, 2.24) is 10.2 Å². The molecule has 1 N–H and O–H groups in total. The van der Waals surface area contributed by atoms with E-state index in [0.29, 0.717) is 18.4 Å². The molecule has 106 valence electrons. The van der Waals surface area contributed by atoms with E-state index in [1.165, 1.54) is 10.4 Å². The Morgan fingerprint density at radius 3 is 3.11 bits per heavy atom. The third-order valence-corrected chi connectivity index (χ3v) is 4.71. The molecule has 1 aromatic rings. The molecule has 1 aromatic heterocycles. The molecule has 0 aliphatic carbocycles. The molecule has 0 bridgehead atoms. The van der Waals surface area contributed by atoms with E-state index in [9.17, 15) is 4.79 Å². The molecule has 2 heterocycles. The largest absolute Gasteiger partial charge is 0.336 e. The Morgan fingerprint density at radius 2 is 2.37 bits per heavy atom. The van der Waals surface area contributed by atoms with E-state index in [-0.39, 0.29) is 6.04 Å². The van der Waals surface area contributed by atoms with Gasteiger partial charge in [-0.3, -0.25) is 4.79 Å². The molecule has 0 saturated carbocycles. The number of carbonyl (C=O) groups excluding carboxylic acids is 1. The highest BCUT2D eigenvalue weighted by molar-refractivity contribution is 7.10. The highest BCUT2D eigenvalue weighted by Crippen LogP contribution is 2.33. The number of rotatable bonds is 5. The normalized spacial score (nSPS) is 18.7. The zero-order valence-electron chi connectivity index (χ0n) is 12.1. The summed E-state index contributed by atoms with van der Waals surface area (Å²) in [6, 6.07) is 2.92. The fraction of sp³-hybridized carbons (Fsp3) is 0.667. The van der Waals surface area contributed by atoms with E-state index < -0.39 is 0 Å². The molecular formula is C15H24N2OS. The second-order valence-corrected chi connectivity index (χ2v) is 6.53. The SMILES string of the molecule is CC(C)NCCCC(=O)N1CCc2sccc2C1C. The van der Waals surface area contributed by atoms with Crippen LogP contribution in [0.3, 0.4) is 0 Å². The van der Waals surface area contributed by atoms with Gasteiger partial charge in [-0.2, -0.15) is 0 Å². The first-order valence-electron chi connectivity index (χ1n) is 7.18. The second-order valence-electron chi connectivity index (χ2n) is 5.52. The number of amides is 1. The lowest BCUT2D eigenvalue weighted by Crippen LogP contribution is -2.38. The Kier molecular flexibility index (Phi) is 4.99. The van der Waals surface area contributed by atoms with Crippen LogP contribution in [0.2, 0.25) is 0 Å². The molecule has 1 unspecified atom stereocenters. The van der Waals surface area contributed by atoms with Gasteiger partial charge in [-0.1, -0.05) is 13.8 Å². The number of nitrogens with one attached hydrogen (secondary N) is 1. The van der Waals surface area contributed by atoms with Crippen molar-refractivity contribution >= 4 is 17.2 Å². The minimum atomic E-state index is 0.251. The molecule has 1 atom stereocenters. The maximum absolute atomic E-state index is 12.3. The smallest absolute Gasteiger partial charge is 0.223 e. The van der Waals surface area contributed by atoms with Gasteiger partial charge >= 0.3 is 0 Å². The second kappa shape index (κ2) is 6.53. The highest BCUT2D eigenvalue weighted by Gasteiger charge is 2.27. The van der Waals surface area contributed by atoms with Crippen LogP contribution in [0.1, 0.15) is 50.1 Å². The van der Waals surface area contributed by atoms with Crippen LogP contribution in [0.4, 0.5) is 0 Å². The Labute approximate surface area is 120 Å². The van der Waals surface area contributed by atoms with Crippen LogP contribution in [-0.2, 0) is 11.2 Å². The van der Waals surface area contributed by atoms with Crippen molar-refractivity contribution in [3.63, 3.8) is 0 Å². The molecule has 0 saturated heterocycles. The average Bonchev–Trinajstić information content (AvgIpc) is 2.83. The Bertz CT molecular complexity index is 428. The summed E-state index contributed by atoms with van der Waals surface area (Å²) < 4.78 is 0. The molecule has 3 nitrogen and oxygen atoms in total. The first kappa shape index (κ1) is 14.5. The molecule has 1 amide bonds. The predicted octanol–water partition coefficient (Wildman–Crippen LogP) is 2.97. The van der Waals surface area contributed by atoms with Gasteiger partial charge in [-0.25, -0.2) is 0 Å². The predicted molar refractivity (Wildman–Crippen MR) is 80.5 cm³/mol. The van der Waals surface area contributed by atoms with E-state index in [2.05, 4.69) is 37.5 Å². The van der Waals surface area contributed by atoms with Crippen molar-refractivity contribution in [2.24, 2.45) is 0 Å². The standard InChI is InChI=1S/C15H24N2OS/c1-11(2)16-8-4-5-15(18)17-9-6-14-13(12(17)3)7-10-19-14/h7,10-12,16H,4-6,8-9H2,1-3H3. The topological polar surface area (TPSA) is 32.3 Å². The van der Waals surface area contributed by atoms with Crippen molar-refractivity contribution < 1.29 is 4.79 Å². The van der Waals surface area contributed by atoms with E-state index >= 15 is 0 Å². The van der Waals surface area contributed by atoms with Crippen LogP contribution in [0.5, 0.6) is 0 Å². The van der Waals surface area contributed by atoms with E-state index in [0.717, 1.165) is 25.9 Å². The average molecular weight is 280 g/mol. The molecule has 1 aliphatic rings. The summed E-state index contributed by atoms with van der Waals surface area (Å²) in [5.41, 5.74) is 1.35. The van der Waals surface area contributed by atoms with Gasteiger partial charge in [0.1, 0.15) is 0 Å². The Balaban J connectivity index is 1.84. The monoisotopic (exact) mass is 280 g/mol. The fourth-order valence-electron chi connectivity index (χ4n) is 2.62. The molecule has 2 rings (SSSR count). The zero-order chi connectivity index (χ0) is 13.8. The molecular weight excluding hydrogens is 256 g/mol. The van der Waals surface area contributed by atoms with Gasteiger partial charge in [0, 0.05) is 23.9 Å². The van der Waals surface area contributed by atoms with Crippen molar-refractivity contribution in [2.45, 2.75) is 52.1 Å². The number of hydrogen-bond acceptors (Lipinski definition) is 3. The molecule has 1 aliphatic heterocycles. The summed E-state index contributed by atoms with van der Waals surface area (Å²) in [5, 5.41) is 5.50. The van der Waals surface area contributed by atoms with Crippen molar-refractivity contribution in [3.8, 4) is 0 Å². The lowest BCUT2D eigenvalue weighted by molar-refractivity contribution is -0.133. The molecule has 19 heavy (non-hydrogen) atoms. The quantitative estimate of drug-likeness (QED) is 0.841. The first-order chi connectivity index (χ1) is 9.09. The summed E-state index contributed by atoms with van der Waals surface area (Å²) >= 11 is 1.82. The highest BCUT2D eigenvalue weighted by atomic mass is 32.1. The van der Waals surface area contributed by atoms with Gasteiger partial charge in [0.2, 0.25) is 5.91 Å². The minimum Gasteiger partial charge on any atom is -0.336 e. The third-order valence-electron chi connectivity index (χ3n) is 3.72. The van der Waals surface area contributed by atoms with E-state index in [1.807, 2.05) is 16.2 Å². The van der Waals surface area contributed by atoms with Crippen molar-refractivity contribution in [2.75, 3.05) is 13.1 Å². The maximum Gasteiger partial charge on any atom is 0.223 e. The van der Waals surface area contributed by atoms with Crippen LogP contribution in [0.25, 0.3) is 0 Å². The fourth-order valence-corrected chi connectivity index (χ4v) is 3.59. The molecule has 0 fully saturated rings.